The van der Waals surface area contributed by atoms with Gasteiger partial charge >= 0.3 is 0 Å². The molecule has 9 nitrogen and oxygen atoms in total. The van der Waals surface area contributed by atoms with Gasteiger partial charge in [0.25, 0.3) is 17.3 Å². The van der Waals surface area contributed by atoms with Crippen molar-refractivity contribution < 1.29 is 14.6 Å². The summed E-state index contributed by atoms with van der Waals surface area (Å²) in [7, 11) is 0. The zero-order valence-electron chi connectivity index (χ0n) is 11.6. The Hall–Kier alpha value is -3.62. The second-order valence-electron chi connectivity index (χ2n) is 4.36. The molecule has 0 radical (unpaired) electrons. The molecule has 0 saturated heterocycles. The van der Waals surface area contributed by atoms with Crippen molar-refractivity contribution in [3.05, 3.63) is 79.9 Å². The van der Waals surface area contributed by atoms with Gasteiger partial charge in [-0.1, -0.05) is 12.1 Å². The number of carbonyl (C=O) groups excluding carboxylic acids is 1. The maximum absolute atomic E-state index is 11.8. The van der Waals surface area contributed by atoms with Crippen LogP contribution in [0.5, 0.6) is 0 Å². The number of nitrogens with zero attached hydrogens (tertiary/aromatic N) is 3. The van der Waals surface area contributed by atoms with E-state index in [1.165, 1.54) is 48.7 Å². The molecule has 0 heterocycles. The van der Waals surface area contributed by atoms with Crippen molar-refractivity contribution in [1.82, 2.24) is 5.43 Å². The van der Waals surface area contributed by atoms with E-state index in [4.69, 9.17) is 0 Å². The molecular weight excluding hydrogens is 304 g/mol. The second-order valence-corrected chi connectivity index (χ2v) is 4.36. The molecule has 0 bridgehead atoms. The molecule has 2 aromatic rings. The summed E-state index contributed by atoms with van der Waals surface area (Å²) < 4.78 is 0. The van der Waals surface area contributed by atoms with E-state index in [9.17, 15) is 25.0 Å². The highest BCUT2D eigenvalue weighted by Gasteiger charge is 2.08. The molecule has 0 saturated carbocycles. The quantitative estimate of drug-likeness (QED) is 0.514. The highest BCUT2D eigenvalue weighted by atomic mass is 16.6. The van der Waals surface area contributed by atoms with Gasteiger partial charge in [0.05, 0.1) is 16.1 Å². The van der Waals surface area contributed by atoms with Crippen LogP contribution in [0.2, 0.25) is 0 Å². The average Bonchev–Trinajstić information content (AvgIpc) is 2.55. The first-order chi connectivity index (χ1) is 11.0. The van der Waals surface area contributed by atoms with Crippen LogP contribution >= 0.6 is 0 Å². The summed E-state index contributed by atoms with van der Waals surface area (Å²) >= 11 is 0. The van der Waals surface area contributed by atoms with Gasteiger partial charge in [0.1, 0.15) is 0 Å². The first kappa shape index (κ1) is 15.8. The zero-order valence-corrected chi connectivity index (χ0v) is 11.6. The van der Waals surface area contributed by atoms with Crippen molar-refractivity contribution in [2.75, 3.05) is 0 Å². The predicted molar refractivity (Wildman–Crippen MR) is 81.3 cm³/mol. The molecule has 9 heteroatoms. The minimum absolute atomic E-state index is 0.0874. The molecule has 0 aliphatic carbocycles. The molecule has 116 valence electrons. The van der Waals surface area contributed by atoms with Crippen LogP contribution in [0.1, 0.15) is 15.9 Å². The summed E-state index contributed by atoms with van der Waals surface area (Å²) in [5.74, 6) is -0.554. The number of nitro benzene ring substituents is 2. The molecule has 0 aromatic heterocycles. The van der Waals surface area contributed by atoms with Crippen LogP contribution in [0.25, 0.3) is 0 Å². The summed E-state index contributed by atoms with van der Waals surface area (Å²) in [5.41, 5.74) is 2.67. The largest absolute Gasteiger partial charge is 0.271 e. The van der Waals surface area contributed by atoms with Gasteiger partial charge in [0.2, 0.25) is 0 Å². The maximum atomic E-state index is 11.8. The molecule has 0 unspecified atom stereocenters. The number of benzene rings is 2. The first-order valence-electron chi connectivity index (χ1n) is 6.29. The van der Waals surface area contributed by atoms with Gasteiger partial charge in [-0.25, -0.2) is 5.43 Å². The summed E-state index contributed by atoms with van der Waals surface area (Å²) in [4.78, 5) is 31.8. The van der Waals surface area contributed by atoms with Gasteiger partial charge in [-0.2, -0.15) is 5.10 Å². The fourth-order valence-corrected chi connectivity index (χ4v) is 1.68. The maximum Gasteiger partial charge on any atom is 0.271 e. The van der Waals surface area contributed by atoms with Crippen LogP contribution in [-0.2, 0) is 0 Å². The molecule has 23 heavy (non-hydrogen) atoms. The summed E-state index contributed by atoms with van der Waals surface area (Å²) in [6.07, 6.45) is 1.26. The van der Waals surface area contributed by atoms with Gasteiger partial charge in [0, 0.05) is 35.4 Å². The lowest BCUT2D eigenvalue weighted by molar-refractivity contribution is -0.385. The third kappa shape index (κ3) is 4.17. The summed E-state index contributed by atoms with van der Waals surface area (Å²) in [5, 5.41) is 24.9. The highest BCUT2D eigenvalue weighted by molar-refractivity contribution is 5.95. The molecule has 1 N–H and O–H groups in total. The number of amides is 1. The third-order valence-electron chi connectivity index (χ3n) is 2.80. The minimum Gasteiger partial charge on any atom is -0.267 e. The van der Waals surface area contributed by atoms with Gasteiger partial charge in [-0.3, -0.25) is 25.0 Å². The van der Waals surface area contributed by atoms with Crippen LogP contribution in [0.4, 0.5) is 11.4 Å². The Morgan fingerprint density at radius 1 is 1.00 bits per heavy atom. The lowest BCUT2D eigenvalue weighted by atomic mass is 10.2. The number of carbonyl (C=O) groups is 1. The van der Waals surface area contributed by atoms with E-state index >= 15 is 0 Å². The van der Waals surface area contributed by atoms with Gasteiger partial charge in [-0.15, -0.1) is 0 Å². The average molecular weight is 314 g/mol. The Morgan fingerprint density at radius 2 is 1.65 bits per heavy atom. The summed E-state index contributed by atoms with van der Waals surface area (Å²) in [6, 6.07) is 10.8. The second kappa shape index (κ2) is 6.89. The monoisotopic (exact) mass is 314 g/mol. The predicted octanol–water partition coefficient (Wildman–Crippen LogP) is 2.27. The number of non-ortho nitro benzene ring substituents is 2. The van der Waals surface area contributed by atoms with Crippen molar-refractivity contribution in [2.45, 2.75) is 0 Å². The molecule has 0 fully saturated rings. The van der Waals surface area contributed by atoms with Gasteiger partial charge in [0.15, 0.2) is 0 Å². The number of hydrazone groups is 1. The SMILES string of the molecule is O=C(N/N=C/c1cccc([N+](=O)[O-])c1)c1ccc([N+](=O)[O-])cc1. The van der Waals surface area contributed by atoms with Crippen molar-refractivity contribution >= 4 is 23.5 Å². The molecular formula is C14H10N4O5. The molecule has 0 aliphatic heterocycles. The van der Waals surface area contributed by atoms with Crippen LogP contribution in [0.3, 0.4) is 0 Å². The van der Waals surface area contributed by atoms with Crippen molar-refractivity contribution in [3.63, 3.8) is 0 Å². The van der Waals surface area contributed by atoms with Crippen molar-refractivity contribution in [2.24, 2.45) is 5.10 Å². The minimum atomic E-state index is -0.567. The Balaban J connectivity index is 2.02. The van der Waals surface area contributed by atoms with E-state index < -0.39 is 15.8 Å². The standard InChI is InChI=1S/C14H10N4O5/c19-14(11-4-6-12(7-5-11)17(20)21)16-15-9-10-2-1-3-13(8-10)18(22)23/h1-9H,(H,16,19)/b15-9+. The molecule has 2 rings (SSSR count). The Labute approximate surface area is 129 Å². The van der Waals surface area contributed by atoms with Crippen LogP contribution < -0.4 is 5.43 Å². The smallest absolute Gasteiger partial charge is 0.267 e. The third-order valence-corrected chi connectivity index (χ3v) is 2.80. The van der Waals surface area contributed by atoms with Crippen molar-refractivity contribution in [1.29, 1.82) is 0 Å². The normalized spacial score (nSPS) is 10.4. The lowest BCUT2D eigenvalue weighted by Crippen LogP contribution is -2.17. The van der Waals surface area contributed by atoms with E-state index in [0.29, 0.717) is 5.56 Å². The highest BCUT2D eigenvalue weighted by Crippen LogP contribution is 2.12. The van der Waals surface area contributed by atoms with E-state index in [0.717, 1.165) is 0 Å². The van der Waals surface area contributed by atoms with Crippen LogP contribution in [-0.4, -0.2) is 22.0 Å². The molecule has 0 aliphatic rings. The molecule has 0 spiro atoms. The van der Waals surface area contributed by atoms with E-state index in [1.807, 2.05) is 0 Å². The number of nitrogens with one attached hydrogen (secondary N) is 1. The molecule has 0 atom stereocenters. The van der Waals surface area contributed by atoms with Gasteiger partial charge < -0.3 is 0 Å². The fourth-order valence-electron chi connectivity index (χ4n) is 1.68. The Morgan fingerprint density at radius 3 is 2.26 bits per heavy atom. The summed E-state index contributed by atoms with van der Waals surface area (Å²) in [6.45, 7) is 0. The van der Waals surface area contributed by atoms with E-state index in [1.54, 1.807) is 6.07 Å². The Bertz CT molecular complexity index is 786. The molecule has 2 aromatic carbocycles. The number of nitro groups is 2. The van der Waals surface area contributed by atoms with E-state index in [2.05, 4.69) is 10.5 Å². The number of rotatable bonds is 5. The number of hydrogen-bond donors (Lipinski definition) is 1. The zero-order chi connectivity index (χ0) is 16.8. The van der Waals surface area contributed by atoms with Gasteiger partial charge in [-0.05, 0) is 12.1 Å². The molecule has 1 amide bonds. The first-order valence-corrected chi connectivity index (χ1v) is 6.29. The lowest BCUT2D eigenvalue weighted by Gasteiger charge is -1.99. The fraction of sp³-hybridized carbons (Fsp3) is 0. The number of hydrogen-bond acceptors (Lipinski definition) is 6. The van der Waals surface area contributed by atoms with Crippen LogP contribution in [0, 0.1) is 20.2 Å². The van der Waals surface area contributed by atoms with E-state index in [-0.39, 0.29) is 16.9 Å². The van der Waals surface area contributed by atoms with Crippen LogP contribution in [0.15, 0.2) is 53.6 Å². The van der Waals surface area contributed by atoms with Crippen molar-refractivity contribution in [3.8, 4) is 0 Å². The Kier molecular flexibility index (Phi) is 4.72. The topological polar surface area (TPSA) is 128 Å².